The molecule has 0 aromatic heterocycles. The van der Waals surface area contributed by atoms with Crippen molar-refractivity contribution in [2.45, 2.75) is 18.4 Å². The molecule has 2 aliphatic rings. The predicted octanol–water partition coefficient (Wildman–Crippen LogP) is 5.19. The number of allylic oxidation sites excluding steroid dienone is 2. The lowest BCUT2D eigenvalue weighted by Gasteiger charge is -2.38. The maximum absolute atomic E-state index is 6.23. The summed E-state index contributed by atoms with van der Waals surface area (Å²) in [4.78, 5) is 0. The molecule has 1 heterocycles. The molecule has 1 aliphatic carbocycles. The van der Waals surface area contributed by atoms with E-state index < -0.39 is 0 Å². The standard InChI is InChI=1S/C21H22ClNO3/c1-24-18-9-12(10-19(25-2)21(18)26-3)20-15-6-4-5-14(15)16-11-13(22)7-8-17(16)23-20/h4-5,7-11,14-15,20,23H,6H2,1-3H3/t14-,15+,20+/m1/s1. The summed E-state index contributed by atoms with van der Waals surface area (Å²) in [6.45, 7) is 0. The van der Waals surface area contributed by atoms with Crippen LogP contribution in [0.3, 0.4) is 0 Å². The van der Waals surface area contributed by atoms with Gasteiger partial charge in [0.2, 0.25) is 5.75 Å². The molecule has 26 heavy (non-hydrogen) atoms. The van der Waals surface area contributed by atoms with Crippen molar-refractivity contribution in [2.24, 2.45) is 5.92 Å². The van der Waals surface area contributed by atoms with Crippen LogP contribution in [0.2, 0.25) is 5.02 Å². The number of methoxy groups -OCH3 is 3. The number of benzene rings is 2. The van der Waals surface area contributed by atoms with E-state index in [9.17, 15) is 0 Å². The maximum Gasteiger partial charge on any atom is 0.203 e. The lowest BCUT2D eigenvalue weighted by molar-refractivity contribution is 0.322. The second-order valence-electron chi connectivity index (χ2n) is 6.67. The second kappa shape index (κ2) is 6.76. The summed E-state index contributed by atoms with van der Waals surface area (Å²) in [5.74, 6) is 2.74. The normalized spacial score (nSPS) is 23.0. The quantitative estimate of drug-likeness (QED) is 0.750. The lowest BCUT2D eigenvalue weighted by Crippen LogP contribution is -2.29. The predicted molar refractivity (Wildman–Crippen MR) is 104 cm³/mol. The Morgan fingerprint density at radius 3 is 2.38 bits per heavy atom. The molecule has 4 rings (SSSR count). The number of nitrogens with one attached hydrogen (secondary N) is 1. The Morgan fingerprint density at radius 1 is 1.00 bits per heavy atom. The molecule has 0 saturated heterocycles. The van der Waals surface area contributed by atoms with Crippen molar-refractivity contribution < 1.29 is 14.2 Å². The maximum atomic E-state index is 6.23. The van der Waals surface area contributed by atoms with Crippen molar-refractivity contribution in [3.8, 4) is 17.2 Å². The minimum atomic E-state index is 0.150. The number of rotatable bonds is 4. The van der Waals surface area contributed by atoms with Gasteiger partial charge in [0.25, 0.3) is 0 Å². The molecule has 4 nitrogen and oxygen atoms in total. The highest BCUT2D eigenvalue weighted by Gasteiger charge is 2.38. The summed E-state index contributed by atoms with van der Waals surface area (Å²) in [5.41, 5.74) is 3.51. The Labute approximate surface area is 158 Å². The van der Waals surface area contributed by atoms with Crippen LogP contribution in [0.25, 0.3) is 0 Å². The van der Waals surface area contributed by atoms with E-state index in [1.54, 1.807) is 21.3 Å². The molecule has 0 unspecified atom stereocenters. The van der Waals surface area contributed by atoms with E-state index in [0.29, 0.717) is 29.1 Å². The smallest absolute Gasteiger partial charge is 0.203 e. The van der Waals surface area contributed by atoms with Gasteiger partial charge in [-0.2, -0.15) is 0 Å². The van der Waals surface area contributed by atoms with Crippen LogP contribution in [-0.4, -0.2) is 21.3 Å². The molecule has 3 atom stereocenters. The van der Waals surface area contributed by atoms with Gasteiger partial charge in [0, 0.05) is 16.6 Å². The van der Waals surface area contributed by atoms with E-state index in [0.717, 1.165) is 22.7 Å². The number of fused-ring (bicyclic) bond motifs is 3. The van der Waals surface area contributed by atoms with E-state index in [4.69, 9.17) is 25.8 Å². The van der Waals surface area contributed by atoms with Crippen LogP contribution in [0.5, 0.6) is 17.2 Å². The summed E-state index contributed by atoms with van der Waals surface area (Å²) < 4.78 is 16.5. The number of anilines is 1. The molecule has 0 radical (unpaired) electrons. The molecule has 136 valence electrons. The van der Waals surface area contributed by atoms with Crippen LogP contribution >= 0.6 is 11.6 Å². The third kappa shape index (κ3) is 2.69. The molecule has 0 bridgehead atoms. The summed E-state index contributed by atoms with van der Waals surface area (Å²) in [6, 6.07) is 10.3. The van der Waals surface area contributed by atoms with E-state index in [2.05, 4.69) is 29.6 Å². The zero-order chi connectivity index (χ0) is 18.3. The van der Waals surface area contributed by atoms with E-state index in [1.807, 2.05) is 18.2 Å². The third-order valence-corrected chi connectivity index (χ3v) is 5.61. The molecule has 2 aromatic rings. The molecule has 0 spiro atoms. The van der Waals surface area contributed by atoms with Crippen molar-refractivity contribution >= 4 is 17.3 Å². The molecule has 1 aliphatic heterocycles. The van der Waals surface area contributed by atoms with Crippen LogP contribution in [-0.2, 0) is 0 Å². The molecule has 1 N–H and O–H groups in total. The Balaban J connectivity index is 1.80. The Hall–Kier alpha value is -2.33. The van der Waals surface area contributed by atoms with Crippen molar-refractivity contribution in [3.05, 3.63) is 58.6 Å². The summed E-state index contributed by atoms with van der Waals surface area (Å²) in [7, 11) is 4.91. The number of hydrogen-bond donors (Lipinski definition) is 1. The van der Waals surface area contributed by atoms with Crippen molar-refractivity contribution in [2.75, 3.05) is 26.6 Å². The Bertz CT molecular complexity index is 839. The molecular formula is C21H22ClNO3. The average molecular weight is 372 g/mol. The fourth-order valence-corrected chi connectivity index (χ4v) is 4.36. The minimum absolute atomic E-state index is 0.150. The van der Waals surface area contributed by atoms with Crippen LogP contribution in [0, 0.1) is 5.92 Å². The van der Waals surface area contributed by atoms with Gasteiger partial charge >= 0.3 is 0 Å². The number of halogens is 1. The second-order valence-corrected chi connectivity index (χ2v) is 7.10. The molecular weight excluding hydrogens is 350 g/mol. The van der Waals surface area contributed by atoms with Crippen LogP contribution in [0.1, 0.15) is 29.5 Å². The first-order valence-electron chi connectivity index (χ1n) is 8.68. The highest BCUT2D eigenvalue weighted by atomic mass is 35.5. The lowest BCUT2D eigenvalue weighted by atomic mass is 9.77. The zero-order valence-electron chi connectivity index (χ0n) is 15.1. The van der Waals surface area contributed by atoms with Gasteiger partial charge < -0.3 is 19.5 Å². The topological polar surface area (TPSA) is 39.7 Å². The Kier molecular flexibility index (Phi) is 4.45. The van der Waals surface area contributed by atoms with Gasteiger partial charge in [0.05, 0.1) is 27.4 Å². The van der Waals surface area contributed by atoms with Crippen molar-refractivity contribution in [1.29, 1.82) is 0 Å². The molecule has 0 fully saturated rings. The highest BCUT2D eigenvalue weighted by molar-refractivity contribution is 6.30. The molecule has 0 amide bonds. The van der Waals surface area contributed by atoms with Gasteiger partial charge in [-0.05, 0) is 53.8 Å². The van der Waals surface area contributed by atoms with Crippen LogP contribution in [0.15, 0.2) is 42.5 Å². The van der Waals surface area contributed by atoms with Crippen LogP contribution in [0.4, 0.5) is 5.69 Å². The summed E-state index contributed by atoms with van der Waals surface area (Å²) >= 11 is 6.23. The largest absolute Gasteiger partial charge is 0.493 e. The SMILES string of the molecule is COc1cc([C@@H]2Nc3ccc(Cl)cc3[C@@H]3C=CC[C@@H]32)cc(OC)c1OC. The van der Waals surface area contributed by atoms with Gasteiger partial charge in [-0.3, -0.25) is 0 Å². The Morgan fingerprint density at radius 2 is 1.73 bits per heavy atom. The van der Waals surface area contributed by atoms with Gasteiger partial charge in [-0.25, -0.2) is 0 Å². The van der Waals surface area contributed by atoms with E-state index >= 15 is 0 Å². The summed E-state index contributed by atoms with van der Waals surface area (Å²) in [5, 5.41) is 4.48. The molecule has 0 saturated carbocycles. The first-order chi connectivity index (χ1) is 12.7. The average Bonchev–Trinajstić information content (AvgIpc) is 3.16. The molecule has 5 heteroatoms. The highest BCUT2D eigenvalue weighted by Crippen LogP contribution is 2.52. The minimum Gasteiger partial charge on any atom is -0.493 e. The third-order valence-electron chi connectivity index (χ3n) is 5.37. The first-order valence-corrected chi connectivity index (χ1v) is 9.06. The van der Waals surface area contributed by atoms with Gasteiger partial charge in [0.1, 0.15) is 0 Å². The monoisotopic (exact) mass is 371 g/mol. The van der Waals surface area contributed by atoms with Crippen LogP contribution < -0.4 is 19.5 Å². The summed E-state index contributed by atoms with van der Waals surface area (Å²) in [6.07, 6.45) is 5.58. The van der Waals surface area contributed by atoms with Crippen molar-refractivity contribution in [3.63, 3.8) is 0 Å². The van der Waals surface area contributed by atoms with Crippen molar-refractivity contribution in [1.82, 2.24) is 0 Å². The fourth-order valence-electron chi connectivity index (χ4n) is 4.18. The van der Waals surface area contributed by atoms with Gasteiger partial charge in [-0.15, -0.1) is 0 Å². The molecule has 2 aromatic carbocycles. The van der Waals surface area contributed by atoms with E-state index in [1.165, 1.54) is 5.56 Å². The first kappa shape index (κ1) is 17.1. The van der Waals surface area contributed by atoms with Gasteiger partial charge in [-0.1, -0.05) is 23.8 Å². The number of ether oxygens (including phenoxy) is 3. The zero-order valence-corrected chi connectivity index (χ0v) is 15.8. The van der Waals surface area contributed by atoms with Gasteiger partial charge in [0.15, 0.2) is 11.5 Å². The van der Waals surface area contributed by atoms with E-state index in [-0.39, 0.29) is 6.04 Å². The number of hydrogen-bond acceptors (Lipinski definition) is 4. The fraction of sp³-hybridized carbons (Fsp3) is 0.333.